The molecule has 0 aliphatic rings. The highest BCUT2D eigenvalue weighted by Gasteiger charge is 2.41. The van der Waals surface area contributed by atoms with Crippen molar-refractivity contribution in [3.8, 4) is 0 Å². The SMILES string of the molecule is Nc1cccc(Br)c1C(=O)C(F)(F)F. The molecule has 2 nitrogen and oxygen atoms in total. The highest BCUT2D eigenvalue weighted by molar-refractivity contribution is 9.10. The number of hydrogen-bond acceptors (Lipinski definition) is 2. The second-order valence-electron chi connectivity index (χ2n) is 2.53. The minimum absolute atomic E-state index is 0.0415. The van der Waals surface area contributed by atoms with E-state index in [1.807, 2.05) is 0 Å². The van der Waals surface area contributed by atoms with Gasteiger partial charge in [0.1, 0.15) is 0 Å². The Kier molecular flexibility index (Phi) is 2.84. The van der Waals surface area contributed by atoms with E-state index in [4.69, 9.17) is 5.73 Å². The van der Waals surface area contributed by atoms with Gasteiger partial charge in [0.2, 0.25) is 0 Å². The second kappa shape index (κ2) is 3.61. The molecular formula is C8H5BrF3NO. The summed E-state index contributed by atoms with van der Waals surface area (Å²) in [7, 11) is 0. The fraction of sp³-hybridized carbons (Fsp3) is 0.125. The molecule has 2 N–H and O–H groups in total. The van der Waals surface area contributed by atoms with Crippen LogP contribution in [0.25, 0.3) is 0 Å². The van der Waals surface area contributed by atoms with Gasteiger partial charge in [-0.1, -0.05) is 6.07 Å². The lowest BCUT2D eigenvalue weighted by atomic mass is 10.1. The van der Waals surface area contributed by atoms with Gasteiger partial charge in [-0.15, -0.1) is 0 Å². The number of halogens is 4. The molecule has 0 saturated carbocycles. The molecule has 0 heterocycles. The zero-order chi connectivity index (χ0) is 10.9. The highest BCUT2D eigenvalue weighted by Crippen LogP contribution is 2.29. The van der Waals surface area contributed by atoms with Gasteiger partial charge in [-0.3, -0.25) is 4.79 Å². The molecule has 0 aliphatic carbocycles. The van der Waals surface area contributed by atoms with Gasteiger partial charge in [-0.2, -0.15) is 13.2 Å². The Morgan fingerprint density at radius 3 is 2.36 bits per heavy atom. The van der Waals surface area contributed by atoms with Crippen LogP contribution in [-0.2, 0) is 0 Å². The third kappa shape index (κ3) is 2.06. The van der Waals surface area contributed by atoms with Gasteiger partial charge in [-0.05, 0) is 28.1 Å². The van der Waals surface area contributed by atoms with Gasteiger partial charge in [0.15, 0.2) is 0 Å². The minimum Gasteiger partial charge on any atom is -0.398 e. The van der Waals surface area contributed by atoms with Crippen LogP contribution in [0, 0.1) is 0 Å². The van der Waals surface area contributed by atoms with E-state index in [0.717, 1.165) is 0 Å². The Labute approximate surface area is 86.0 Å². The molecule has 1 rings (SSSR count). The van der Waals surface area contributed by atoms with Crippen LogP contribution in [0.3, 0.4) is 0 Å². The minimum atomic E-state index is -4.90. The molecule has 0 aliphatic heterocycles. The summed E-state index contributed by atoms with van der Waals surface area (Å²) in [6.45, 7) is 0. The summed E-state index contributed by atoms with van der Waals surface area (Å²) < 4.78 is 36.2. The number of Topliss-reactive ketones (excluding diaryl/α,β-unsaturated/α-hetero) is 1. The fourth-order valence-electron chi connectivity index (χ4n) is 0.922. The van der Waals surface area contributed by atoms with Crippen LogP contribution in [0.15, 0.2) is 22.7 Å². The van der Waals surface area contributed by atoms with E-state index >= 15 is 0 Å². The van der Waals surface area contributed by atoms with Crippen molar-refractivity contribution in [2.75, 3.05) is 5.73 Å². The number of hydrogen-bond donors (Lipinski definition) is 1. The van der Waals surface area contributed by atoms with Gasteiger partial charge < -0.3 is 5.73 Å². The third-order valence-electron chi connectivity index (χ3n) is 1.53. The van der Waals surface area contributed by atoms with E-state index < -0.39 is 17.5 Å². The van der Waals surface area contributed by atoms with Crippen LogP contribution in [0.4, 0.5) is 18.9 Å². The van der Waals surface area contributed by atoms with Crippen molar-refractivity contribution in [3.05, 3.63) is 28.2 Å². The normalized spacial score (nSPS) is 11.4. The van der Waals surface area contributed by atoms with Gasteiger partial charge in [0.05, 0.1) is 5.56 Å². The van der Waals surface area contributed by atoms with Gasteiger partial charge in [0.25, 0.3) is 5.78 Å². The fourth-order valence-corrected chi connectivity index (χ4v) is 1.48. The monoisotopic (exact) mass is 267 g/mol. The number of benzene rings is 1. The largest absolute Gasteiger partial charge is 0.454 e. The summed E-state index contributed by atoms with van der Waals surface area (Å²) >= 11 is 2.84. The molecule has 6 heteroatoms. The number of anilines is 1. The number of nitrogens with two attached hydrogens (primary N) is 1. The Morgan fingerprint density at radius 2 is 1.93 bits per heavy atom. The smallest absolute Gasteiger partial charge is 0.398 e. The van der Waals surface area contributed by atoms with Crippen LogP contribution in [-0.4, -0.2) is 12.0 Å². The highest BCUT2D eigenvalue weighted by atomic mass is 79.9. The third-order valence-corrected chi connectivity index (χ3v) is 2.19. The molecule has 0 atom stereocenters. The molecule has 0 aromatic heterocycles. The quantitative estimate of drug-likeness (QED) is 0.628. The van der Waals surface area contributed by atoms with Crippen molar-refractivity contribution in [1.82, 2.24) is 0 Å². The molecule has 0 bridgehead atoms. The Morgan fingerprint density at radius 1 is 1.36 bits per heavy atom. The zero-order valence-electron chi connectivity index (χ0n) is 6.73. The first kappa shape index (κ1) is 11.0. The lowest BCUT2D eigenvalue weighted by Gasteiger charge is -2.09. The molecule has 1 aromatic rings. The summed E-state index contributed by atoms with van der Waals surface area (Å²) in [5.74, 6) is -1.94. The van der Waals surface area contributed by atoms with Crippen LogP contribution >= 0.6 is 15.9 Å². The molecule has 1 aromatic carbocycles. The average Bonchev–Trinajstić information content (AvgIpc) is 2.01. The van der Waals surface area contributed by atoms with E-state index in [9.17, 15) is 18.0 Å². The lowest BCUT2D eigenvalue weighted by Crippen LogP contribution is -2.24. The first-order valence-electron chi connectivity index (χ1n) is 3.49. The maximum absolute atomic E-state index is 12.1. The van der Waals surface area contributed by atoms with Crippen LogP contribution in [0.2, 0.25) is 0 Å². The van der Waals surface area contributed by atoms with Crippen molar-refractivity contribution in [3.63, 3.8) is 0 Å². The summed E-state index contributed by atoms with van der Waals surface area (Å²) in [6, 6.07) is 4.02. The standard InChI is InChI=1S/C8H5BrF3NO/c9-4-2-1-3-5(13)6(4)7(14)8(10,11)12/h1-3H,13H2. The van der Waals surface area contributed by atoms with Crippen molar-refractivity contribution >= 4 is 27.4 Å². The van der Waals surface area contributed by atoms with E-state index in [1.54, 1.807) is 0 Å². The summed E-state index contributed by atoms with van der Waals surface area (Å²) in [5.41, 5.74) is 4.53. The molecular weight excluding hydrogens is 263 g/mol. The summed E-state index contributed by atoms with van der Waals surface area (Å²) in [5, 5.41) is 0. The first-order chi connectivity index (χ1) is 6.34. The number of nitrogen functional groups attached to an aromatic ring is 1. The number of rotatable bonds is 1. The van der Waals surface area contributed by atoms with Gasteiger partial charge >= 0.3 is 6.18 Å². The molecule has 76 valence electrons. The van der Waals surface area contributed by atoms with Gasteiger partial charge in [0, 0.05) is 10.2 Å². The van der Waals surface area contributed by atoms with Crippen molar-refractivity contribution in [1.29, 1.82) is 0 Å². The molecule has 0 spiro atoms. The molecule has 0 amide bonds. The number of alkyl halides is 3. The Bertz CT molecular complexity index is 355. The Balaban J connectivity index is 3.26. The predicted octanol–water partition coefficient (Wildman–Crippen LogP) is 2.78. The van der Waals surface area contributed by atoms with Crippen LogP contribution < -0.4 is 5.73 Å². The number of carbonyl (C=O) groups is 1. The number of ketones is 1. The first-order valence-corrected chi connectivity index (χ1v) is 4.29. The molecule has 0 radical (unpaired) electrons. The van der Waals surface area contributed by atoms with Crippen molar-refractivity contribution in [2.45, 2.75) is 6.18 Å². The zero-order valence-corrected chi connectivity index (χ0v) is 8.32. The molecule has 14 heavy (non-hydrogen) atoms. The van der Waals surface area contributed by atoms with E-state index in [0.29, 0.717) is 0 Å². The van der Waals surface area contributed by atoms with Gasteiger partial charge in [-0.25, -0.2) is 0 Å². The van der Waals surface area contributed by atoms with E-state index in [2.05, 4.69) is 15.9 Å². The number of carbonyl (C=O) groups excluding carboxylic acids is 1. The Hall–Kier alpha value is -1.04. The maximum Gasteiger partial charge on any atom is 0.454 e. The van der Waals surface area contributed by atoms with E-state index in [1.165, 1.54) is 18.2 Å². The molecule has 0 saturated heterocycles. The van der Waals surface area contributed by atoms with E-state index in [-0.39, 0.29) is 10.2 Å². The van der Waals surface area contributed by atoms with Crippen LogP contribution in [0.1, 0.15) is 10.4 Å². The maximum atomic E-state index is 12.1. The summed E-state index contributed by atoms with van der Waals surface area (Å²) in [4.78, 5) is 10.9. The lowest BCUT2D eigenvalue weighted by molar-refractivity contribution is -0.0885. The molecule has 0 unspecified atom stereocenters. The predicted molar refractivity (Wildman–Crippen MR) is 48.9 cm³/mol. The topological polar surface area (TPSA) is 43.1 Å². The van der Waals surface area contributed by atoms with Crippen molar-refractivity contribution in [2.24, 2.45) is 0 Å². The van der Waals surface area contributed by atoms with Crippen molar-refractivity contribution < 1.29 is 18.0 Å². The second-order valence-corrected chi connectivity index (χ2v) is 3.39. The van der Waals surface area contributed by atoms with Crippen LogP contribution in [0.5, 0.6) is 0 Å². The molecule has 0 fully saturated rings. The summed E-state index contributed by atoms with van der Waals surface area (Å²) in [6.07, 6.45) is -4.90. The average molecular weight is 268 g/mol.